The zero-order valence-electron chi connectivity index (χ0n) is 18.9. The van der Waals surface area contributed by atoms with Crippen LogP contribution in [0, 0.1) is 6.92 Å². The first-order valence-corrected chi connectivity index (χ1v) is 11.9. The summed E-state index contributed by atoms with van der Waals surface area (Å²) in [5, 5.41) is 0. The van der Waals surface area contributed by atoms with Gasteiger partial charge < -0.3 is 19.1 Å². The van der Waals surface area contributed by atoms with E-state index >= 15 is 0 Å². The summed E-state index contributed by atoms with van der Waals surface area (Å²) >= 11 is 0. The predicted octanol–water partition coefficient (Wildman–Crippen LogP) is 4.27. The average molecular weight is 436 g/mol. The van der Waals surface area contributed by atoms with Gasteiger partial charge in [0.05, 0.1) is 17.6 Å². The Hall–Kier alpha value is -2.37. The number of piperidine rings is 1. The van der Waals surface area contributed by atoms with Crippen molar-refractivity contribution in [1.29, 1.82) is 0 Å². The van der Waals surface area contributed by atoms with Crippen molar-refractivity contribution in [2.75, 3.05) is 32.9 Å². The SMILES string of the molecule is Cc1ccc(C2(C(=O)N3CCC4(CC3)CC(Oc3ccccc3)CO4)CCOCC2)cc1. The van der Waals surface area contributed by atoms with E-state index in [0.29, 0.717) is 19.8 Å². The standard InChI is InChI=1S/C27H33NO4/c1-21-7-9-22(10-8-21)27(13-17-30-18-14-27)25(29)28-15-11-26(12-16-28)19-24(20-31-26)32-23-5-3-2-4-6-23/h2-10,24H,11-20H2,1H3. The summed E-state index contributed by atoms with van der Waals surface area (Å²) in [6, 6.07) is 18.5. The third kappa shape index (κ3) is 4.16. The van der Waals surface area contributed by atoms with Crippen LogP contribution in [0.1, 0.15) is 43.2 Å². The van der Waals surface area contributed by atoms with Crippen LogP contribution in [0.15, 0.2) is 54.6 Å². The van der Waals surface area contributed by atoms with Gasteiger partial charge in [0.2, 0.25) is 5.91 Å². The molecule has 32 heavy (non-hydrogen) atoms. The van der Waals surface area contributed by atoms with E-state index in [1.807, 2.05) is 30.3 Å². The lowest BCUT2D eigenvalue weighted by Crippen LogP contribution is -2.54. The van der Waals surface area contributed by atoms with E-state index < -0.39 is 5.41 Å². The second kappa shape index (κ2) is 8.87. The molecule has 170 valence electrons. The molecule has 5 nitrogen and oxygen atoms in total. The summed E-state index contributed by atoms with van der Waals surface area (Å²) in [5.41, 5.74) is 1.72. The molecule has 0 radical (unpaired) electrons. The minimum absolute atomic E-state index is 0.0778. The maximum Gasteiger partial charge on any atom is 0.233 e. The van der Waals surface area contributed by atoms with Gasteiger partial charge in [0.1, 0.15) is 11.9 Å². The summed E-state index contributed by atoms with van der Waals surface area (Å²) in [6.45, 7) is 5.46. The van der Waals surface area contributed by atoms with Crippen LogP contribution in [0.5, 0.6) is 5.75 Å². The van der Waals surface area contributed by atoms with E-state index in [-0.39, 0.29) is 17.6 Å². The Bertz CT molecular complexity index is 912. The fourth-order valence-electron chi connectivity index (χ4n) is 5.56. The maximum absolute atomic E-state index is 13.9. The van der Waals surface area contributed by atoms with Crippen molar-refractivity contribution < 1.29 is 19.0 Å². The smallest absolute Gasteiger partial charge is 0.233 e. The molecule has 2 aromatic rings. The van der Waals surface area contributed by atoms with Crippen molar-refractivity contribution in [3.05, 3.63) is 65.7 Å². The molecule has 1 spiro atoms. The summed E-state index contributed by atoms with van der Waals surface area (Å²) in [5.74, 6) is 1.15. The Morgan fingerprint density at radius 3 is 2.34 bits per heavy atom. The van der Waals surface area contributed by atoms with Gasteiger partial charge in [-0.05, 0) is 50.3 Å². The number of rotatable bonds is 4. The van der Waals surface area contributed by atoms with Gasteiger partial charge in [0.15, 0.2) is 0 Å². The van der Waals surface area contributed by atoms with Crippen LogP contribution in [0.2, 0.25) is 0 Å². The minimum atomic E-state index is -0.466. The van der Waals surface area contributed by atoms with Gasteiger partial charge in [-0.1, -0.05) is 48.0 Å². The first-order chi connectivity index (χ1) is 15.6. The van der Waals surface area contributed by atoms with Crippen LogP contribution in [0.25, 0.3) is 0 Å². The molecule has 3 saturated heterocycles. The molecule has 3 aliphatic rings. The number of para-hydroxylation sites is 1. The van der Waals surface area contributed by atoms with Gasteiger partial charge in [-0.3, -0.25) is 4.79 Å². The number of benzene rings is 2. The van der Waals surface area contributed by atoms with Gasteiger partial charge in [-0.25, -0.2) is 0 Å². The molecule has 0 bridgehead atoms. The molecule has 0 aliphatic carbocycles. The number of aryl methyl sites for hydroxylation is 1. The molecule has 1 unspecified atom stereocenters. The molecule has 1 atom stereocenters. The average Bonchev–Trinajstić information content (AvgIpc) is 3.22. The maximum atomic E-state index is 13.9. The molecule has 3 heterocycles. The van der Waals surface area contributed by atoms with Crippen LogP contribution >= 0.6 is 0 Å². The Morgan fingerprint density at radius 2 is 1.66 bits per heavy atom. The van der Waals surface area contributed by atoms with Crippen molar-refractivity contribution in [2.45, 2.75) is 56.1 Å². The van der Waals surface area contributed by atoms with Crippen LogP contribution < -0.4 is 4.74 Å². The molecular formula is C27H33NO4. The lowest BCUT2D eigenvalue weighted by Gasteiger charge is -2.44. The van der Waals surface area contributed by atoms with E-state index in [0.717, 1.165) is 56.5 Å². The predicted molar refractivity (Wildman–Crippen MR) is 123 cm³/mol. The highest BCUT2D eigenvalue weighted by Gasteiger charge is 2.48. The molecule has 0 N–H and O–H groups in total. The third-order valence-corrected chi connectivity index (χ3v) is 7.54. The molecule has 0 saturated carbocycles. The van der Waals surface area contributed by atoms with E-state index in [4.69, 9.17) is 14.2 Å². The van der Waals surface area contributed by atoms with Crippen LogP contribution in [-0.2, 0) is 19.7 Å². The topological polar surface area (TPSA) is 48.0 Å². The number of likely N-dealkylation sites (tertiary alicyclic amines) is 1. The van der Waals surface area contributed by atoms with Crippen LogP contribution in [-0.4, -0.2) is 55.4 Å². The first-order valence-electron chi connectivity index (χ1n) is 11.9. The van der Waals surface area contributed by atoms with E-state index in [1.165, 1.54) is 5.56 Å². The lowest BCUT2D eigenvalue weighted by molar-refractivity contribution is -0.146. The number of carbonyl (C=O) groups is 1. The zero-order valence-corrected chi connectivity index (χ0v) is 18.9. The van der Waals surface area contributed by atoms with E-state index in [9.17, 15) is 4.79 Å². The van der Waals surface area contributed by atoms with E-state index in [2.05, 4.69) is 36.1 Å². The normalized spacial score (nSPS) is 24.4. The quantitative estimate of drug-likeness (QED) is 0.720. The molecule has 3 aliphatic heterocycles. The van der Waals surface area contributed by atoms with Gasteiger partial charge >= 0.3 is 0 Å². The Balaban J connectivity index is 1.25. The number of hydrogen-bond donors (Lipinski definition) is 0. The first kappa shape index (κ1) is 21.5. The highest BCUT2D eigenvalue weighted by atomic mass is 16.6. The summed E-state index contributed by atoms with van der Waals surface area (Å²) < 4.78 is 18.1. The number of ether oxygens (including phenoxy) is 3. The van der Waals surface area contributed by atoms with Gasteiger partial charge in [0, 0.05) is 32.7 Å². The molecule has 5 heteroatoms. The van der Waals surface area contributed by atoms with Crippen molar-refractivity contribution in [2.24, 2.45) is 0 Å². The molecule has 0 aromatic heterocycles. The van der Waals surface area contributed by atoms with E-state index in [1.54, 1.807) is 0 Å². The van der Waals surface area contributed by atoms with Gasteiger partial charge in [-0.2, -0.15) is 0 Å². The molecule has 1 amide bonds. The number of hydrogen-bond acceptors (Lipinski definition) is 4. The van der Waals surface area contributed by atoms with Crippen LogP contribution in [0.3, 0.4) is 0 Å². The van der Waals surface area contributed by atoms with Crippen LogP contribution in [0.4, 0.5) is 0 Å². The van der Waals surface area contributed by atoms with Crippen molar-refractivity contribution in [1.82, 2.24) is 4.90 Å². The Morgan fingerprint density at radius 1 is 0.969 bits per heavy atom. The minimum Gasteiger partial charge on any atom is -0.488 e. The Kier molecular flexibility index (Phi) is 5.95. The second-order valence-electron chi connectivity index (χ2n) is 9.60. The Labute approximate surface area is 190 Å². The second-order valence-corrected chi connectivity index (χ2v) is 9.60. The van der Waals surface area contributed by atoms with Crippen molar-refractivity contribution >= 4 is 5.91 Å². The van der Waals surface area contributed by atoms with Crippen molar-refractivity contribution in [3.8, 4) is 5.75 Å². The molecule has 3 fully saturated rings. The molecule has 5 rings (SSSR count). The summed E-state index contributed by atoms with van der Waals surface area (Å²) in [7, 11) is 0. The summed E-state index contributed by atoms with van der Waals surface area (Å²) in [6.07, 6.45) is 4.21. The molecule has 2 aromatic carbocycles. The summed E-state index contributed by atoms with van der Waals surface area (Å²) in [4.78, 5) is 15.9. The highest BCUT2D eigenvalue weighted by Crippen LogP contribution is 2.41. The lowest BCUT2D eigenvalue weighted by atomic mass is 9.72. The fourth-order valence-corrected chi connectivity index (χ4v) is 5.56. The zero-order chi connectivity index (χ0) is 22.0. The van der Waals surface area contributed by atoms with Crippen molar-refractivity contribution in [3.63, 3.8) is 0 Å². The molecular weight excluding hydrogens is 402 g/mol. The largest absolute Gasteiger partial charge is 0.488 e. The monoisotopic (exact) mass is 435 g/mol. The fraction of sp³-hybridized carbons (Fsp3) is 0.519. The third-order valence-electron chi connectivity index (χ3n) is 7.54. The highest BCUT2D eigenvalue weighted by molar-refractivity contribution is 5.88. The van der Waals surface area contributed by atoms with Gasteiger partial charge in [0.25, 0.3) is 0 Å². The number of amides is 1. The number of nitrogens with zero attached hydrogens (tertiary/aromatic N) is 1. The van der Waals surface area contributed by atoms with Gasteiger partial charge in [-0.15, -0.1) is 0 Å². The number of carbonyl (C=O) groups excluding carboxylic acids is 1.